The molecule has 21 heavy (non-hydrogen) atoms. The fourth-order valence-corrected chi connectivity index (χ4v) is 1.88. The average Bonchev–Trinajstić information content (AvgIpc) is 2.29. The molecular formula is C16H34N2O3. The third-order valence-electron chi connectivity index (χ3n) is 3.25. The van der Waals surface area contributed by atoms with Gasteiger partial charge in [0, 0.05) is 25.7 Å². The van der Waals surface area contributed by atoms with E-state index in [2.05, 4.69) is 38.3 Å². The van der Waals surface area contributed by atoms with Gasteiger partial charge < -0.3 is 20.1 Å². The third-order valence-corrected chi connectivity index (χ3v) is 3.25. The van der Waals surface area contributed by atoms with Crippen molar-refractivity contribution in [3.8, 4) is 0 Å². The summed E-state index contributed by atoms with van der Waals surface area (Å²) in [7, 11) is 1.71. The van der Waals surface area contributed by atoms with Crippen LogP contribution in [0.3, 0.4) is 0 Å². The zero-order chi connectivity index (χ0) is 16.6. The van der Waals surface area contributed by atoms with E-state index < -0.39 is 5.60 Å². The van der Waals surface area contributed by atoms with Crippen molar-refractivity contribution < 1.29 is 14.3 Å². The van der Waals surface area contributed by atoms with Crippen molar-refractivity contribution in [2.75, 3.05) is 20.3 Å². The Labute approximate surface area is 130 Å². The number of ether oxygens (including phenoxy) is 2. The molecule has 2 unspecified atom stereocenters. The highest BCUT2D eigenvalue weighted by molar-refractivity contribution is 5.67. The zero-order valence-electron chi connectivity index (χ0n) is 14.9. The van der Waals surface area contributed by atoms with E-state index in [9.17, 15) is 4.79 Å². The van der Waals surface area contributed by atoms with Gasteiger partial charge >= 0.3 is 6.09 Å². The summed E-state index contributed by atoms with van der Waals surface area (Å²) in [6.07, 6.45) is -0.372. The summed E-state index contributed by atoms with van der Waals surface area (Å²) >= 11 is 0. The van der Waals surface area contributed by atoms with E-state index in [4.69, 9.17) is 9.47 Å². The third kappa shape index (κ3) is 9.69. The Balaban J connectivity index is 4.46. The lowest BCUT2D eigenvalue weighted by molar-refractivity contribution is 0.0515. The van der Waals surface area contributed by atoms with Crippen LogP contribution in [0.5, 0.6) is 0 Å². The summed E-state index contributed by atoms with van der Waals surface area (Å²) < 4.78 is 10.5. The SMILES string of the molecule is COCC(NC(CNC(=O)OC(C)(C)C)C(C)C)C(C)C. The first-order valence-corrected chi connectivity index (χ1v) is 7.78. The highest BCUT2D eigenvalue weighted by Crippen LogP contribution is 2.09. The van der Waals surface area contributed by atoms with Gasteiger partial charge in [-0.05, 0) is 32.6 Å². The number of nitrogens with one attached hydrogen (secondary N) is 2. The van der Waals surface area contributed by atoms with Crippen molar-refractivity contribution in [2.24, 2.45) is 11.8 Å². The quantitative estimate of drug-likeness (QED) is 0.724. The molecule has 0 rings (SSSR count). The second-order valence-corrected chi connectivity index (χ2v) is 7.21. The van der Waals surface area contributed by atoms with E-state index in [-0.39, 0.29) is 18.2 Å². The van der Waals surface area contributed by atoms with Crippen molar-refractivity contribution in [1.82, 2.24) is 10.6 Å². The Morgan fingerprint density at radius 1 is 1.05 bits per heavy atom. The van der Waals surface area contributed by atoms with Crippen molar-refractivity contribution in [1.29, 1.82) is 0 Å². The van der Waals surface area contributed by atoms with Crippen LogP contribution in [0.15, 0.2) is 0 Å². The fourth-order valence-electron chi connectivity index (χ4n) is 1.88. The first-order valence-electron chi connectivity index (χ1n) is 7.78. The monoisotopic (exact) mass is 302 g/mol. The molecule has 0 heterocycles. The topological polar surface area (TPSA) is 59.6 Å². The van der Waals surface area contributed by atoms with Gasteiger partial charge in [0.2, 0.25) is 0 Å². The Kier molecular flexibility index (Phi) is 8.90. The molecule has 0 saturated carbocycles. The maximum absolute atomic E-state index is 11.7. The number of amides is 1. The van der Waals surface area contributed by atoms with E-state index in [1.54, 1.807) is 7.11 Å². The van der Waals surface area contributed by atoms with Gasteiger partial charge in [-0.2, -0.15) is 0 Å². The van der Waals surface area contributed by atoms with Crippen molar-refractivity contribution in [2.45, 2.75) is 66.2 Å². The van der Waals surface area contributed by atoms with Crippen LogP contribution in [0.4, 0.5) is 4.79 Å². The van der Waals surface area contributed by atoms with Crippen molar-refractivity contribution in [3.05, 3.63) is 0 Å². The van der Waals surface area contributed by atoms with Gasteiger partial charge in [-0.3, -0.25) is 0 Å². The minimum absolute atomic E-state index is 0.181. The van der Waals surface area contributed by atoms with Crippen LogP contribution in [-0.4, -0.2) is 44.0 Å². The van der Waals surface area contributed by atoms with Gasteiger partial charge in [-0.25, -0.2) is 4.79 Å². The van der Waals surface area contributed by atoms with Gasteiger partial charge in [0.1, 0.15) is 5.60 Å². The number of rotatable bonds is 8. The molecule has 0 fully saturated rings. The summed E-state index contributed by atoms with van der Waals surface area (Å²) in [5.74, 6) is 0.866. The van der Waals surface area contributed by atoms with Crippen LogP contribution in [0.25, 0.3) is 0 Å². The van der Waals surface area contributed by atoms with Crippen molar-refractivity contribution >= 4 is 6.09 Å². The molecule has 0 aromatic rings. The lowest BCUT2D eigenvalue weighted by atomic mass is 9.99. The Morgan fingerprint density at radius 2 is 1.57 bits per heavy atom. The molecule has 0 radical (unpaired) electrons. The largest absolute Gasteiger partial charge is 0.444 e. The molecule has 5 nitrogen and oxygen atoms in total. The Hall–Kier alpha value is -0.810. The van der Waals surface area contributed by atoms with E-state index in [0.29, 0.717) is 25.0 Å². The molecule has 2 atom stereocenters. The second kappa shape index (κ2) is 9.26. The lowest BCUT2D eigenvalue weighted by Gasteiger charge is -2.31. The molecule has 2 N–H and O–H groups in total. The first kappa shape index (κ1) is 20.2. The van der Waals surface area contributed by atoms with Crippen LogP contribution < -0.4 is 10.6 Å². The Bertz CT molecular complexity index is 298. The summed E-state index contributed by atoms with van der Waals surface area (Å²) in [5, 5.41) is 6.42. The predicted molar refractivity (Wildman–Crippen MR) is 86.5 cm³/mol. The molecule has 5 heteroatoms. The molecule has 0 aliphatic rings. The normalized spacial score (nSPS) is 15.1. The number of methoxy groups -OCH3 is 1. The Morgan fingerprint density at radius 3 is 1.95 bits per heavy atom. The first-order chi connectivity index (χ1) is 9.56. The van der Waals surface area contributed by atoms with Crippen molar-refractivity contribution in [3.63, 3.8) is 0 Å². The van der Waals surface area contributed by atoms with Crippen LogP contribution in [0.2, 0.25) is 0 Å². The van der Waals surface area contributed by atoms with E-state index in [0.717, 1.165) is 0 Å². The second-order valence-electron chi connectivity index (χ2n) is 7.21. The fraction of sp³-hybridized carbons (Fsp3) is 0.938. The molecule has 0 aromatic carbocycles. The summed E-state index contributed by atoms with van der Waals surface area (Å²) in [5.41, 5.74) is -0.471. The predicted octanol–water partition coefficient (Wildman–Crippen LogP) is 2.80. The smallest absolute Gasteiger partial charge is 0.407 e. The molecular weight excluding hydrogens is 268 g/mol. The van der Waals surface area contributed by atoms with Crippen LogP contribution in [0, 0.1) is 11.8 Å². The minimum Gasteiger partial charge on any atom is -0.444 e. The number of hydrogen-bond donors (Lipinski definition) is 2. The molecule has 0 spiro atoms. The van der Waals surface area contributed by atoms with E-state index in [1.165, 1.54) is 0 Å². The maximum Gasteiger partial charge on any atom is 0.407 e. The number of hydrogen-bond acceptors (Lipinski definition) is 4. The standard InChI is InChI=1S/C16H34N2O3/c1-11(2)13(18-14(10-20-8)12(3)4)9-17-15(19)21-16(5,6)7/h11-14,18H,9-10H2,1-8H3,(H,17,19). The molecule has 0 aliphatic heterocycles. The summed E-state index contributed by atoms with van der Waals surface area (Å²) in [6, 6.07) is 0.447. The van der Waals surface area contributed by atoms with E-state index >= 15 is 0 Å². The molecule has 0 aromatic heterocycles. The maximum atomic E-state index is 11.7. The van der Waals surface area contributed by atoms with Gasteiger partial charge in [0.15, 0.2) is 0 Å². The van der Waals surface area contributed by atoms with Gasteiger partial charge in [0.05, 0.1) is 6.61 Å². The van der Waals surface area contributed by atoms with Gasteiger partial charge in [-0.15, -0.1) is 0 Å². The number of alkyl carbamates (subject to hydrolysis) is 1. The van der Waals surface area contributed by atoms with Gasteiger partial charge in [0.25, 0.3) is 0 Å². The number of carbonyl (C=O) groups is 1. The lowest BCUT2D eigenvalue weighted by Crippen LogP contribution is -2.51. The van der Waals surface area contributed by atoms with Crippen LogP contribution in [0.1, 0.15) is 48.5 Å². The zero-order valence-corrected chi connectivity index (χ0v) is 14.9. The summed E-state index contributed by atoms with van der Waals surface area (Å²) in [4.78, 5) is 11.7. The average molecular weight is 302 g/mol. The highest BCUT2D eigenvalue weighted by atomic mass is 16.6. The highest BCUT2D eigenvalue weighted by Gasteiger charge is 2.22. The summed E-state index contributed by atoms with van der Waals surface area (Å²) in [6.45, 7) is 15.4. The molecule has 126 valence electrons. The molecule has 0 bridgehead atoms. The van der Waals surface area contributed by atoms with Gasteiger partial charge in [-0.1, -0.05) is 27.7 Å². The van der Waals surface area contributed by atoms with Crippen LogP contribution in [-0.2, 0) is 9.47 Å². The molecule has 0 aliphatic carbocycles. The number of carbonyl (C=O) groups excluding carboxylic acids is 1. The van der Waals surface area contributed by atoms with Crippen LogP contribution >= 0.6 is 0 Å². The van der Waals surface area contributed by atoms with E-state index in [1.807, 2.05) is 20.8 Å². The minimum atomic E-state index is -0.471. The molecule has 1 amide bonds. The molecule has 0 saturated heterocycles.